The van der Waals surface area contributed by atoms with Crippen LogP contribution >= 0.6 is 23.1 Å². The number of anilines is 1. The first-order valence-corrected chi connectivity index (χ1v) is 9.44. The maximum Gasteiger partial charge on any atom is 0.225 e. The Balaban J connectivity index is 1.63. The van der Waals surface area contributed by atoms with Gasteiger partial charge in [0.2, 0.25) is 5.91 Å². The number of nitrogens with zero attached hydrogens (tertiary/aromatic N) is 3. The first kappa shape index (κ1) is 16.5. The maximum absolute atomic E-state index is 12.6. The summed E-state index contributed by atoms with van der Waals surface area (Å²) in [5, 5.41) is 13.5. The SMILES string of the molecule is N#Cc1c(Cl)nsc1N1CCCC(C(=O)NC2CCCCC2)C1. The van der Waals surface area contributed by atoms with Crippen LogP contribution in [0.3, 0.4) is 0 Å². The summed E-state index contributed by atoms with van der Waals surface area (Å²) in [6.45, 7) is 1.49. The first-order chi connectivity index (χ1) is 11.2. The summed E-state index contributed by atoms with van der Waals surface area (Å²) < 4.78 is 4.07. The molecule has 0 radical (unpaired) electrons. The minimum atomic E-state index is -0.0157. The van der Waals surface area contributed by atoms with Gasteiger partial charge in [0, 0.05) is 19.1 Å². The zero-order valence-corrected chi connectivity index (χ0v) is 14.6. The third-order valence-corrected chi connectivity index (χ3v) is 6.06. The molecule has 0 spiro atoms. The Labute approximate surface area is 145 Å². The van der Waals surface area contributed by atoms with Gasteiger partial charge in [-0.15, -0.1) is 0 Å². The molecule has 3 rings (SSSR count). The molecule has 1 amide bonds. The number of rotatable bonds is 3. The van der Waals surface area contributed by atoms with E-state index in [4.69, 9.17) is 11.6 Å². The Morgan fingerprint density at radius 1 is 1.30 bits per heavy atom. The predicted octanol–water partition coefficient (Wildman–Crippen LogP) is 3.33. The molecule has 23 heavy (non-hydrogen) atoms. The highest BCUT2D eigenvalue weighted by molar-refractivity contribution is 7.10. The summed E-state index contributed by atoms with van der Waals surface area (Å²) >= 11 is 7.21. The van der Waals surface area contributed by atoms with Crippen LogP contribution in [-0.2, 0) is 4.79 Å². The predicted molar refractivity (Wildman–Crippen MR) is 91.8 cm³/mol. The molecule has 1 N–H and O–H groups in total. The van der Waals surface area contributed by atoms with Crippen molar-refractivity contribution in [3.8, 4) is 6.07 Å². The van der Waals surface area contributed by atoms with Crippen molar-refractivity contribution in [2.24, 2.45) is 5.92 Å². The fourth-order valence-electron chi connectivity index (χ4n) is 3.51. The van der Waals surface area contributed by atoms with Gasteiger partial charge in [-0.05, 0) is 37.2 Å². The minimum Gasteiger partial charge on any atom is -0.360 e. The van der Waals surface area contributed by atoms with Crippen molar-refractivity contribution in [1.29, 1.82) is 5.26 Å². The van der Waals surface area contributed by atoms with E-state index in [1.54, 1.807) is 0 Å². The van der Waals surface area contributed by atoms with Gasteiger partial charge in [-0.3, -0.25) is 4.79 Å². The van der Waals surface area contributed by atoms with Gasteiger partial charge in [0.1, 0.15) is 16.6 Å². The van der Waals surface area contributed by atoms with Crippen LogP contribution in [0.1, 0.15) is 50.5 Å². The molecule has 1 aromatic heterocycles. The molecule has 1 aliphatic carbocycles. The van der Waals surface area contributed by atoms with E-state index >= 15 is 0 Å². The van der Waals surface area contributed by atoms with Crippen molar-refractivity contribution in [2.75, 3.05) is 18.0 Å². The molecule has 2 fully saturated rings. The molecular weight excluding hydrogens is 332 g/mol. The molecule has 1 saturated carbocycles. The molecule has 1 unspecified atom stereocenters. The van der Waals surface area contributed by atoms with E-state index in [0.29, 0.717) is 18.2 Å². The van der Waals surface area contributed by atoms with Crippen LogP contribution in [0.2, 0.25) is 5.15 Å². The molecule has 5 nitrogen and oxygen atoms in total. The van der Waals surface area contributed by atoms with Crippen molar-refractivity contribution in [2.45, 2.75) is 51.0 Å². The average molecular weight is 353 g/mol. The molecule has 1 aliphatic heterocycles. The van der Waals surface area contributed by atoms with E-state index < -0.39 is 0 Å². The summed E-state index contributed by atoms with van der Waals surface area (Å²) in [7, 11) is 0. The lowest BCUT2D eigenvalue weighted by Gasteiger charge is -2.34. The van der Waals surface area contributed by atoms with Crippen LogP contribution in [-0.4, -0.2) is 29.4 Å². The van der Waals surface area contributed by atoms with Crippen molar-refractivity contribution < 1.29 is 4.79 Å². The fraction of sp³-hybridized carbons (Fsp3) is 0.688. The Morgan fingerprint density at radius 2 is 2.09 bits per heavy atom. The maximum atomic E-state index is 12.6. The van der Waals surface area contributed by atoms with Gasteiger partial charge in [0.25, 0.3) is 0 Å². The quantitative estimate of drug-likeness (QED) is 0.905. The highest BCUT2D eigenvalue weighted by Gasteiger charge is 2.30. The molecule has 1 atom stereocenters. The third-order valence-electron chi connectivity index (χ3n) is 4.78. The zero-order valence-electron chi connectivity index (χ0n) is 13.1. The van der Waals surface area contributed by atoms with E-state index in [2.05, 4.69) is 20.7 Å². The van der Waals surface area contributed by atoms with Crippen molar-refractivity contribution >= 4 is 34.0 Å². The van der Waals surface area contributed by atoms with Gasteiger partial charge in [-0.25, -0.2) is 0 Å². The second-order valence-corrected chi connectivity index (χ2v) is 7.50. The molecule has 1 saturated heterocycles. The number of halogens is 1. The number of carbonyl (C=O) groups excluding carboxylic acids is 1. The van der Waals surface area contributed by atoms with Crippen molar-refractivity contribution in [1.82, 2.24) is 9.69 Å². The lowest BCUT2D eigenvalue weighted by atomic mass is 9.93. The van der Waals surface area contributed by atoms with Gasteiger partial charge in [0.15, 0.2) is 5.15 Å². The first-order valence-electron chi connectivity index (χ1n) is 8.29. The third kappa shape index (κ3) is 3.78. The highest BCUT2D eigenvalue weighted by atomic mass is 35.5. The van der Waals surface area contributed by atoms with Crippen LogP contribution in [0, 0.1) is 17.2 Å². The normalized spacial score (nSPS) is 22.6. The average Bonchev–Trinajstić information content (AvgIpc) is 2.96. The summed E-state index contributed by atoms with van der Waals surface area (Å²) in [5.74, 6) is 0.147. The molecule has 124 valence electrons. The van der Waals surface area contributed by atoms with E-state index in [0.717, 1.165) is 37.2 Å². The number of hydrogen-bond donors (Lipinski definition) is 1. The highest BCUT2D eigenvalue weighted by Crippen LogP contribution is 2.34. The van der Waals surface area contributed by atoms with Gasteiger partial charge in [-0.2, -0.15) is 9.64 Å². The van der Waals surface area contributed by atoms with E-state index in [-0.39, 0.29) is 17.0 Å². The number of aromatic nitrogens is 1. The Morgan fingerprint density at radius 3 is 2.83 bits per heavy atom. The lowest BCUT2D eigenvalue weighted by Crippen LogP contribution is -2.46. The fourth-order valence-corrected chi connectivity index (χ4v) is 4.58. The van der Waals surface area contributed by atoms with Crippen LogP contribution < -0.4 is 10.2 Å². The number of nitriles is 1. The lowest BCUT2D eigenvalue weighted by molar-refractivity contribution is -0.126. The Bertz CT molecular complexity index is 606. The Hall–Kier alpha value is -1.32. The van der Waals surface area contributed by atoms with Crippen molar-refractivity contribution in [3.05, 3.63) is 10.7 Å². The van der Waals surface area contributed by atoms with Crippen LogP contribution in [0.4, 0.5) is 5.00 Å². The summed E-state index contributed by atoms with van der Waals surface area (Å²) in [4.78, 5) is 14.7. The smallest absolute Gasteiger partial charge is 0.225 e. The second-order valence-electron chi connectivity index (χ2n) is 6.39. The van der Waals surface area contributed by atoms with Crippen LogP contribution in [0.15, 0.2) is 0 Å². The monoisotopic (exact) mass is 352 g/mol. The van der Waals surface area contributed by atoms with Crippen molar-refractivity contribution in [3.63, 3.8) is 0 Å². The molecule has 2 heterocycles. The molecular formula is C16H21ClN4OS. The summed E-state index contributed by atoms with van der Waals surface area (Å²) in [6.07, 6.45) is 7.77. The molecule has 1 aromatic rings. The second kappa shape index (κ2) is 7.50. The number of amides is 1. The zero-order chi connectivity index (χ0) is 16.2. The van der Waals surface area contributed by atoms with Gasteiger partial charge in [-0.1, -0.05) is 30.9 Å². The summed E-state index contributed by atoms with van der Waals surface area (Å²) in [6, 6.07) is 2.47. The number of piperidine rings is 1. The topological polar surface area (TPSA) is 69.0 Å². The number of hydrogen-bond acceptors (Lipinski definition) is 5. The molecule has 0 aromatic carbocycles. The van der Waals surface area contributed by atoms with Gasteiger partial charge in [0.05, 0.1) is 5.92 Å². The Kier molecular flexibility index (Phi) is 5.39. The van der Waals surface area contributed by atoms with Crippen LogP contribution in [0.5, 0.6) is 0 Å². The molecule has 0 bridgehead atoms. The molecule has 7 heteroatoms. The van der Waals surface area contributed by atoms with Gasteiger partial charge >= 0.3 is 0 Å². The standard InChI is InChI=1S/C16H21ClN4OS/c17-14-13(9-18)16(23-20-14)21-8-4-5-11(10-21)15(22)19-12-6-2-1-3-7-12/h11-12H,1-8,10H2,(H,19,22). The van der Waals surface area contributed by atoms with Gasteiger partial charge < -0.3 is 10.2 Å². The largest absolute Gasteiger partial charge is 0.360 e. The van der Waals surface area contributed by atoms with E-state index in [9.17, 15) is 10.1 Å². The van der Waals surface area contributed by atoms with E-state index in [1.165, 1.54) is 30.8 Å². The van der Waals surface area contributed by atoms with Crippen LogP contribution in [0.25, 0.3) is 0 Å². The van der Waals surface area contributed by atoms with E-state index in [1.807, 2.05) is 0 Å². The summed E-state index contributed by atoms with van der Waals surface area (Å²) in [5.41, 5.74) is 0.435. The number of nitrogens with one attached hydrogen (secondary N) is 1. The minimum absolute atomic E-state index is 0.0157. The molecule has 2 aliphatic rings. The number of carbonyl (C=O) groups is 1.